The minimum atomic E-state index is -1.93. The van der Waals surface area contributed by atoms with E-state index in [-0.39, 0.29) is 0 Å². The van der Waals surface area contributed by atoms with Crippen LogP contribution in [0.4, 0.5) is 0 Å². The van der Waals surface area contributed by atoms with Gasteiger partial charge in [-0.15, -0.1) is 0 Å². The standard InChI is InChI=1S/C11H16O8/c1-16-8(13)6-11(10(15)18-3,19-5-4-12)7-9(14)17-2/h4H,5-7H2,1-3H3. The van der Waals surface area contributed by atoms with E-state index >= 15 is 0 Å². The lowest BCUT2D eigenvalue weighted by Gasteiger charge is -2.28. The van der Waals surface area contributed by atoms with Gasteiger partial charge in [-0.05, 0) is 0 Å². The topological polar surface area (TPSA) is 105 Å². The highest BCUT2D eigenvalue weighted by molar-refractivity contribution is 5.90. The van der Waals surface area contributed by atoms with Crippen molar-refractivity contribution in [3.63, 3.8) is 0 Å². The molecule has 8 heteroatoms. The van der Waals surface area contributed by atoms with Crippen LogP contribution in [0.25, 0.3) is 0 Å². The largest absolute Gasteiger partial charge is 0.469 e. The van der Waals surface area contributed by atoms with Crippen LogP contribution in [0.3, 0.4) is 0 Å². The van der Waals surface area contributed by atoms with Gasteiger partial charge in [-0.2, -0.15) is 0 Å². The molecule has 0 aromatic carbocycles. The summed E-state index contributed by atoms with van der Waals surface area (Å²) < 4.78 is 18.4. The molecule has 0 fully saturated rings. The van der Waals surface area contributed by atoms with Crippen LogP contribution >= 0.6 is 0 Å². The predicted octanol–water partition coefficient (Wildman–Crippen LogP) is -0.760. The van der Waals surface area contributed by atoms with Crippen LogP contribution in [-0.4, -0.2) is 57.7 Å². The Morgan fingerprint density at radius 1 is 0.947 bits per heavy atom. The zero-order chi connectivity index (χ0) is 14.9. The van der Waals surface area contributed by atoms with Crippen molar-refractivity contribution in [2.45, 2.75) is 18.4 Å². The number of aldehydes is 1. The molecule has 0 radical (unpaired) electrons. The van der Waals surface area contributed by atoms with E-state index in [4.69, 9.17) is 4.74 Å². The first-order chi connectivity index (χ1) is 8.95. The molecule has 8 nitrogen and oxygen atoms in total. The van der Waals surface area contributed by atoms with Gasteiger partial charge in [0.2, 0.25) is 0 Å². The average Bonchev–Trinajstić information content (AvgIpc) is 2.43. The van der Waals surface area contributed by atoms with E-state index in [2.05, 4.69) is 14.2 Å². The van der Waals surface area contributed by atoms with Crippen LogP contribution in [0, 0.1) is 0 Å². The summed E-state index contributed by atoms with van der Waals surface area (Å²) in [6, 6.07) is 0. The van der Waals surface area contributed by atoms with Gasteiger partial charge in [0.25, 0.3) is 0 Å². The molecule has 0 atom stereocenters. The van der Waals surface area contributed by atoms with Crippen molar-refractivity contribution in [3.05, 3.63) is 0 Å². The lowest BCUT2D eigenvalue weighted by Crippen LogP contribution is -2.47. The third-order valence-electron chi connectivity index (χ3n) is 2.30. The zero-order valence-corrected chi connectivity index (χ0v) is 11.0. The van der Waals surface area contributed by atoms with Crippen molar-refractivity contribution in [1.82, 2.24) is 0 Å². The number of esters is 3. The summed E-state index contributed by atoms with van der Waals surface area (Å²) >= 11 is 0. The number of ether oxygens (including phenoxy) is 4. The van der Waals surface area contributed by atoms with E-state index in [1.165, 1.54) is 0 Å². The number of carbonyl (C=O) groups excluding carboxylic acids is 4. The average molecular weight is 276 g/mol. The van der Waals surface area contributed by atoms with E-state index in [9.17, 15) is 19.2 Å². The van der Waals surface area contributed by atoms with Crippen LogP contribution < -0.4 is 0 Å². The molecule has 0 spiro atoms. The first-order valence-electron chi connectivity index (χ1n) is 5.25. The van der Waals surface area contributed by atoms with E-state index in [0.717, 1.165) is 21.3 Å². The number of carbonyl (C=O) groups is 4. The fourth-order valence-electron chi connectivity index (χ4n) is 1.36. The van der Waals surface area contributed by atoms with Crippen molar-refractivity contribution in [2.24, 2.45) is 0 Å². The molecule has 0 aromatic heterocycles. The summed E-state index contributed by atoms with van der Waals surface area (Å²) in [5.41, 5.74) is -1.93. The lowest BCUT2D eigenvalue weighted by molar-refractivity contribution is -0.182. The Kier molecular flexibility index (Phi) is 7.35. The van der Waals surface area contributed by atoms with Gasteiger partial charge in [-0.1, -0.05) is 0 Å². The maximum absolute atomic E-state index is 11.8. The van der Waals surface area contributed by atoms with Crippen molar-refractivity contribution in [1.29, 1.82) is 0 Å². The maximum atomic E-state index is 11.8. The molecule has 0 aliphatic heterocycles. The van der Waals surface area contributed by atoms with Gasteiger partial charge in [0, 0.05) is 0 Å². The summed E-state index contributed by atoms with van der Waals surface area (Å²) in [5, 5.41) is 0. The summed E-state index contributed by atoms with van der Waals surface area (Å²) in [6.45, 7) is -0.483. The molecule has 0 N–H and O–H groups in total. The number of methoxy groups -OCH3 is 3. The van der Waals surface area contributed by atoms with Gasteiger partial charge in [0.15, 0.2) is 5.60 Å². The molecule has 0 bridgehead atoms. The van der Waals surface area contributed by atoms with Gasteiger partial charge in [-0.3, -0.25) is 9.59 Å². The Morgan fingerprint density at radius 2 is 1.42 bits per heavy atom. The molecule has 0 amide bonds. The van der Waals surface area contributed by atoms with Crippen molar-refractivity contribution >= 4 is 24.2 Å². The third kappa shape index (κ3) is 5.04. The summed E-state index contributed by atoms with van der Waals surface area (Å²) in [6.07, 6.45) is -0.759. The lowest BCUT2D eigenvalue weighted by atomic mass is 9.95. The summed E-state index contributed by atoms with van der Waals surface area (Å²) in [5.74, 6) is -2.55. The van der Waals surface area contributed by atoms with E-state index < -0.39 is 43.0 Å². The highest BCUT2D eigenvalue weighted by atomic mass is 16.6. The van der Waals surface area contributed by atoms with Gasteiger partial charge in [-0.25, -0.2) is 4.79 Å². The number of hydrogen-bond acceptors (Lipinski definition) is 8. The Balaban J connectivity index is 5.28. The normalized spacial score (nSPS) is 10.5. The SMILES string of the molecule is COC(=O)CC(CC(=O)OC)(OCC=O)C(=O)OC. The Labute approximate surface area is 109 Å². The van der Waals surface area contributed by atoms with E-state index in [0.29, 0.717) is 6.29 Å². The van der Waals surface area contributed by atoms with Crippen molar-refractivity contribution < 1.29 is 38.1 Å². The second-order valence-corrected chi connectivity index (χ2v) is 3.47. The molecule has 0 aromatic rings. The van der Waals surface area contributed by atoms with Crippen molar-refractivity contribution in [3.8, 4) is 0 Å². The molecule has 0 unspecified atom stereocenters. The van der Waals surface area contributed by atoms with Crippen LogP contribution in [0.1, 0.15) is 12.8 Å². The minimum Gasteiger partial charge on any atom is -0.469 e. The Morgan fingerprint density at radius 3 is 1.74 bits per heavy atom. The molecule has 0 heterocycles. The van der Waals surface area contributed by atoms with Crippen LogP contribution in [-0.2, 0) is 38.1 Å². The Bertz CT molecular complexity index is 331. The third-order valence-corrected chi connectivity index (χ3v) is 2.30. The molecule has 0 saturated heterocycles. The second-order valence-electron chi connectivity index (χ2n) is 3.47. The number of hydrogen-bond donors (Lipinski definition) is 0. The van der Waals surface area contributed by atoms with Gasteiger partial charge in [0.1, 0.15) is 12.9 Å². The van der Waals surface area contributed by atoms with Crippen molar-refractivity contribution in [2.75, 3.05) is 27.9 Å². The molecule has 108 valence electrons. The highest BCUT2D eigenvalue weighted by Crippen LogP contribution is 2.24. The first kappa shape index (κ1) is 17.0. The van der Waals surface area contributed by atoms with Crippen LogP contribution in [0.15, 0.2) is 0 Å². The first-order valence-corrected chi connectivity index (χ1v) is 5.25. The molecule has 0 saturated carbocycles. The van der Waals surface area contributed by atoms with Gasteiger partial charge in [0.05, 0.1) is 34.2 Å². The van der Waals surface area contributed by atoms with E-state index in [1.807, 2.05) is 0 Å². The van der Waals surface area contributed by atoms with Gasteiger partial charge < -0.3 is 23.7 Å². The quantitative estimate of drug-likeness (QED) is 0.323. The molecule has 0 aliphatic carbocycles. The highest BCUT2D eigenvalue weighted by Gasteiger charge is 2.46. The maximum Gasteiger partial charge on any atom is 0.339 e. The predicted molar refractivity (Wildman–Crippen MR) is 60.0 cm³/mol. The van der Waals surface area contributed by atoms with Crippen LogP contribution in [0.2, 0.25) is 0 Å². The minimum absolute atomic E-state index is 0.381. The molecule has 0 aliphatic rings. The summed E-state index contributed by atoms with van der Waals surface area (Å²) in [4.78, 5) is 44.8. The van der Waals surface area contributed by atoms with E-state index in [1.54, 1.807) is 0 Å². The fourth-order valence-corrected chi connectivity index (χ4v) is 1.36. The summed E-state index contributed by atoms with van der Waals surface area (Å²) in [7, 11) is 3.29. The molecule has 0 rings (SSSR count). The molecule has 19 heavy (non-hydrogen) atoms. The second kappa shape index (κ2) is 8.20. The fraction of sp³-hybridized carbons (Fsp3) is 0.636. The number of rotatable bonds is 8. The smallest absolute Gasteiger partial charge is 0.339 e. The molecular weight excluding hydrogens is 260 g/mol. The monoisotopic (exact) mass is 276 g/mol. The Hall–Kier alpha value is -1.96. The van der Waals surface area contributed by atoms with Gasteiger partial charge >= 0.3 is 17.9 Å². The zero-order valence-electron chi connectivity index (χ0n) is 11.0. The molecular formula is C11H16O8. The van der Waals surface area contributed by atoms with Crippen LogP contribution in [0.5, 0.6) is 0 Å².